The minimum absolute atomic E-state index is 0.0348. The van der Waals surface area contributed by atoms with E-state index in [1.807, 2.05) is 34.0 Å². The Hall–Kier alpha value is -3.08. The van der Waals surface area contributed by atoms with E-state index in [2.05, 4.69) is 17.1 Å². The van der Waals surface area contributed by atoms with Gasteiger partial charge in [0.1, 0.15) is 11.6 Å². The van der Waals surface area contributed by atoms with Crippen LogP contribution in [0.4, 0.5) is 21.2 Å². The van der Waals surface area contributed by atoms with Crippen LogP contribution in [-0.2, 0) is 6.42 Å². The topological polar surface area (TPSA) is 81.8 Å². The summed E-state index contributed by atoms with van der Waals surface area (Å²) in [7, 11) is 1.97. The Labute approximate surface area is 195 Å². The molecule has 0 bridgehead atoms. The Morgan fingerprint density at radius 3 is 2.79 bits per heavy atom. The van der Waals surface area contributed by atoms with E-state index in [1.54, 1.807) is 12.1 Å². The molecule has 0 aliphatic carbocycles. The van der Waals surface area contributed by atoms with Gasteiger partial charge in [-0.05, 0) is 42.8 Å². The van der Waals surface area contributed by atoms with Crippen molar-refractivity contribution in [2.45, 2.75) is 19.4 Å². The Morgan fingerprint density at radius 2 is 2.03 bits per heavy atom. The van der Waals surface area contributed by atoms with Crippen molar-refractivity contribution in [3.8, 4) is 11.3 Å². The van der Waals surface area contributed by atoms with Crippen molar-refractivity contribution in [1.82, 2.24) is 24.9 Å². The molecule has 1 aliphatic rings. The number of aliphatic hydroxyl groups excluding tert-OH is 1. The van der Waals surface area contributed by atoms with Crippen LogP contribution in [0.2, 0.25) is 0 Å². The van der Waals surface area contributed by atoms with Crippen molar-refractivity contribution in [3.63, 3.8) is 0 Å². The van der Waals surface area contributed by atoms with Crippen molar-refractivity contribution >= 4 is 33.8 Å². The van der Waals surface area contributed by atoms with Gasteiger partial charge in [0.25, 0.3) is 0 Å². The van der Waals surface area contributed by atoms with E-state index in [-0.39, 0.29) is 18.5 Å². The van der Waals surface area contributed by atoms with E-state index in [4.69, 9.17) is 15.1 Å². The van der Waals surface area contributed by atoms with Crippen molar-refractivity contribution in [1.29, 1.82) is 0 Å². The number of hydrogen-bond acceptors (Lipinski definition) is 8. The highest BCUT2D eigenvalue weighted by Gasteiger charge is 2.23. The number of anilines is 3. The maximum atomic E-state index is 13.3. The zero-order valence-electron chi connectivity index (χ0n) is 18.6. The Bertz CT molecular complexity index is 1260. The number of benzene rings is 1. The number of piperazine rings is 1. The standard InChI is InChI=1S/C23H26FN7OS/c1-3-18-22(29(2)23-27-19(14-33-23)15-4-6-16(24)7-5-15)31-20(26-18)8-9-21(28-31)30-11-10-25-17(12-30)13-32/h4-9,14,17,25,32H,3,10-13H2,1-2H3/t17-/m1/s1. The van der Waals surface area contributed by atoms with Gasteiger partial charge in [-0.2, -0.15) is 4.52 Å². The average Bonchev–Trinajstić information content (AvgIpc) is 3.49. The maximum absolute atomic E-state index is 13.3. The molecular weight excluding hydrogens is 441 g/mol. The smallest absolute Gasteiger partial charge is 0.191 e. The van der Waals surface area contributed by atoms with Gasteiger partial charge in [-0.3, -0.25) is 0 Å². The van der Waals surface area contributed by atoms with Crippen molar-refractivity contribution in [2.75, 3.05) is 43.1 Å². The van der Waals surface area contributed by atoms with Crippen molar-refractivity contribution in [3.05, 3.63) is 53.3 Å². The first-order valence-corrected chi connectivity index (χ1v) is 11.9. The van der Waals surface area contributed by atoms with Gasteiger partial charge in [0.05, 0.1) is 18.0 Å². The molecule has 4 heterocycles. The maximum Gasteiger partial charge on any atom is 0.191 e. The number of fused-ring (bicyclic) bond motifs is 1. The highest BCUT2D eigenvalue weighted by molar-refractivity contribution is 7.14. The fourth-order valence-electron chi connectivity index (χ4n) is 4.12. The Morgan fingerprint density at radius 1 is 1.21 bits per heavy atom. The summed E-state index contributed by atoms with van der Waals surface area (Å²) in [5.74, 6) is 1.47. The largest absolute Gasteiger partial charge is 0.395 e. The molecule has 33 heavy (non-hydrogen) atoms. The minimum Gasteiger partial charge on any atom is -0.395 e. The Balaban J connectivity index is 1.50. The van der Waals surface area contributed by atoms with E-state index in [0.717, 1.165) is 58.9 Å². The lowest BCUT2D eigenvalue weighted by Crippen LogP contribution is -2.52. The summed E-state index contributed by atoms with van der Waals surface area (Å²) < 4.78 is 15.2. The predicted molar refractivity (Wildman–Crippen MR) is 129 cm³/mol. The van der Waals surface area contributed by atoms with Gasteiger partial charge >= 0.3 is 0 Å². The van der Waals surface area contributed by atoms with Gasteiger partial charge < -0.3 is 20.2 Å². The molecule has 10 heteroatoms. The summed E-state index contributed by atoms with van der Waals surface area (Å²) in [6, 6.07) is 10.4. The van der Waals surface area contributed by atoms with Crippen LogP contribution < -0.4 is 15.1 Å². The second-order valence-electron chi connectivity index (χ2n) is 8.06. The summed E-state index contributed by atoms with van der Waals surface area (Å²) in [5, 5.41) is 20.6. The lowest BCUT2D eigenvalue weighted by molar-refractivity contribution is 0.235. The van der Waals surface area contributed by atoms with E-state index >= 15 is 0 Å². The monoisotopic (exact) mass is 467 g/mol. The zero-order chi connectivity index (χ0) is 22.9. The molecule has 0 unspecified atom stereocenters. The predicted octanol–water partition coefficient (Wildman–Crippen LogP) is 3.09. The molecule has 4 aromatic rings. The van der Waals surface area contributed by atoms with Crippen LogP contribution in [0, 0.1) is 5.82 Å². The van der Waals surface area contributed by atoms with Crippen LogP contribution >= 0.6 is 11.3 Å². The fraction of sp³-hybridized carbons (Fsp3) is 0.348. The first kappa shape index (κ1) is 21.7. The van der Waals surface area contributed by atoms with Crippen molar-refractivity contribution < 1.29 is 9.50 Å². The van der Waals surface area contributed by atoms with E-state index in [9.17, 15) is 9.50 Å². The van der Waals surface area contributed by atoms with Crippen LogP contribution in [0.3, 0.4) is 0 Å². The summed E-state index contributed by atoms with van der Waals surface area (Å²) >= 11 is 1.52. The average molecular weight is 468 g/mol. The van der Waals surface area contributed by atoms with Crippen LogP contribution in [0.5, 0.6) is 0 Å². The number of nitrogens with zero attached hydrogens (tertiary/aromatic N) is 6. The first-order chi connectivity index (χ1) is 16.1. The molecule has 3 aromatic heterocycles. The van der Waals surface area contributed by atoms with Crippen LogP contribution in [0.25, 0.3) is 16.9 Å². The molecule has 1 saturated heterocycles. The first-order valence-electron chi connectivity index (χ1n) is 11.0. The SMILES string of the molecule is CCc1nc2ccc(N3CCN[C@@H](CO)C3)nn2c1N(C)c1nc(-c2ccc(F)cc2)cs1. The number of rotatable bonds is 6. The zero-order valence-corrected chi connectivity index (χ0v) is 19.4. The highest BCUT2D eigenvalue weighted by atomic mass is 32.1. The van der Waals surface area contributed by atoms with E-state index in [0.29, 0.717) is 6.54 Å². The van der Waals surface area contributed by atoms with Crippen molar-refractivity contribution in [2.24, 2.45) is 0 Å². The van der Waals surface area contributed by atoms with E-state index < -0.39 is 0 Å². The third-order valence-corrected chi connectivity index (χ3v) is 6.80. The summed E-state index contributed by atoms with van der Waals surface area (Å²) in [6.45, 7) is 4.49. The second-order valence-corrected chi connectivity index (χ2v) is 8.89. The third kappa shape index (κ3) is 4.17. The second kappa shape index (κ2) is 9.05. The van der Waals surface area contributed by atoms with Gasteiger partial charge in [0.2, 0.25) is 0 Å². The Kier molecular flexibility index (Phi) is 5.96. The lowest BCUT2D eigenvalue weighted by Gasteiger charge is -2.33. The number of imidazole rings is 1. The fourth-order valence-corrected chi connectivity index (χ4v) is 4.92. The molecule has 0 saturated carbocycles. The molecule has 5 rings (SSSR count). The number of halogens is 1. The number of hydrogen-bond donors (Lipinski definition) is 2. The molecule has 1 aliphatic heterocycles. The molecule has 0 radical (unpaired) electrons. The van der Waals surface area contributed by atoms with Crippen LogP contribution in [-0.4, -0.2) is 64.0 Å². The van der Waals surface area contributed by atoms with Gasteiger partial charge in [-0.15, -0.1) is 16.4 Å². The summed E-state index contributed by atoms with van der Waals surface area (Å²) in [6.07, 6.45) is 0.759. The molecule has 8 nitrogen and oxygen atoms in total. The van der Waals surface area contributed by atoms with Gasteiger partial charge in [-0.25, -0.2) is 14.4 Å². The molecule has 1 fully saturated rings. The number of aliphatic hydroxyl groups is 1. The van der Waals surface area contributed by atoms with Gasteiger partial charge in [-0.1, -0.05) is 6.92 Å². The number of thiazole rings is 1. The molecule has 0 spiro atoms. The number of aryl methyl sites for hydroxylation is 1. The van der Waals surface area contributed by atoms with Crippen LogP contribution in [0.1, 0.15) is 12.6 Å². The minimum atomic E-state index is -0.263. The van der Waals surface area contributed by atoms with Gasteiger partial charge in [0.15, 0.2) is 16.6 Å². The molecule has 1 atom stereocenters. The quantitative estimate of drug-likeness (QED) is 0.451. The summed E-state index contributed by atoms with van der Waals surface area (Å²) in [4.78, 5) is 13.8. The number of nitrogens with one attached hydrogen (secondary N) is 1. The molecule has 0 amide bonds. The normalized spacial score (nSPS) is 16.5. The van der Waals surface area contributed by atoms with E-state index in [1.165, 1.54) is 23.5 Å². The molecule has 172 valence electrons. The third-order valence-electron chi connectivity index (χ3n) is 5.88. The lowest BCUT2D eigenvalue weighted by atomic mass is 10.2. The molecule has 2 N–H and O–H groups in total. The van der Waals surface area contributed by atoms with Gasteiger partial charge in [0, 0.05) is 43.7 Å². The van der Waals surface area contributed by atoms with Crippen LogP contribution in [0.15, 0.2) is 41.8 Å². The summed E-state index contributed by atoms with van der Waals surface area (Å²) in [5.41, 5.74) is 3.40. The number of aromatic nitrogens is 4. The molecular formula is C23H26FN7OS. The highest BCUT2D eigenvalue weighted by Crippen LogP contribution is 2.33. The molecule has 1 aromatic carbocycles.